The highest BCUT2D eigenvalue weighted by Crippen LogP contribution is 2.31. The average Bonchev–Trinajstić information content (AvgIpc) is 2.56. The van der Waals surface area contributed by atoms with Gasteiger partial charge in [0.25, 0.3) is 0 Å². The zero-order chi connectivity index (χ0) is 15.4. The van der Waals surface area contributed by atoms with E-state index in [1.54, 1.807) is 0 Å². The molecule has 0 radical (unpaired) electrons. The van der Waals surface area contributed by atoms with Crippen molar-refractivity contribution in [1.82, 2.24) is 9.88 Å². The first-order valence-electron chi connectivity index (χ1n) is 7.47. The lowest BCUT2D eigenvalue weighted by molar-refractivity contribution is 0.248. The minimum absolute atomic E-state index is 0.314. The zero-order valence-electron chi connectivity index (χ0n) is 12.2. The summed E-state index contributed by atoms with van der Waals surface area (Å²) in [6.07, 6.45) is 7.29. The number of thiocarbonyl (C=S) groups is 1. The number of pyridine rings is 1. The van der Waals surface area contributed by atoms with Gasteiger partial charge in [-0.1, -0.05) is 28.1 Å². The molecule has 0 bridgehead atoms. The normalized spacial score (nSPS) is 18.0. The van der Waals surface area contributed by atoms with E-state index in [1.807, 2.05) is 42.7 Å². The van der Waals surface area contributed by atoms with Gasteiger partial charge in [0, 0.05) is 29.1 Å². The largest absolute Gasteiger partial charge is 0.342 e. The fourth-order valence-corrected chi connectivity index (χ4v) is 3.59. The Kier molecular flexibility index (Phi) is 5.05. The summed E-state index contributed by atoms with van der Waals surface area (Å²) in [6.45, 7) is 0.986. The van der Waals surface area contributed by atoms with Gasteiger partial charge in [0.15, 0.2) is 5.11 Å². The third kappa shape index (κ3) is 3.65. The molecule has 5 heteroatoms. The van der Waals surface area contributed by atoms with Crippen molar-refractivity contribution in [2.24, 2.45) is 0 Å². The summed E-state index contributed by atoms with van der Waals surface area (Å²) in [4.78, 5) is 6.54. The summed E-state index contributed by atoms with van der Waals surface area (Å²) in [7, 11) is 0. The van der Waals surface area contributed by atoms with Crippen molar-refractivity contribution in [2.45, 2.75) is 25.3 Å². The Morgan fingerprint density at radius 2 is 2.18 bits per heavy atom. The highest BCUT2D eigenvalue weighted by Gasteiger charge is 2.26. The minimum atomic E-state index is 0.314. The third-order valence-corrected chi connectivity index (χ3v) is 4.74. The summed E-state index contributed by atoms with van der Waals surface area (Å²) in [6, 6.07) is 12.5. The number of halogens is 1. The summed E-state index contributed by atoms with van der Waals surface area (Å²) in [5.41, 5.74) is 2.25. The van der Waals surface area contributed by atoms with Gasteiger partial charge in [-0.3, -0.25) is 4.98 Å². The second-order valence-electron chi connectivity index (χ2n) is 5.43. The standard InChI is InChI=1S/C17H18BrN3S/c18-14-6-3-7-15(11-14)20-17(22)21-10-2-1-8-16(21)13-5-4-9-19-12-13/h3-7,9,11-12,16H,1-2,8,10H2,(H,20,22)/t16-/m0/s1. The number of rotatable bonds is 2. The van der Waals surface area contributed by atoms with Gasteiger partial charge in [0.1, 0.15) is 0 Å². The number of anilines is 1. The van der Waals surface area contributed by atoms with Crippen molar-refractivity contribution < 1.29 is 0 Å². The minimum Gasteiger partial charge on any atom is -0.342 e. The Labute approximate surface area is 144 Å². The lowest BCUT2D eigenvalue weighted by atomic mass is 9.97. The van der Waals surface area contributed by atoms with Gasteiger partial charge in [-0.25, -0.2) is 0 Å². The van der Waals surface area contributed by atoms with Crippen LogP contribution in [0.1, 0.15) is 30.9 Å². The molecular weight excluding hydrogens is 358 g/mol. The molecule has 1 aromatic carbocycles. The third-order valence-electron chi connectivity index (χ3n) is 3.91. The number of aromatic nitrogens is 1. The molecule has 22 heavy (non-hydrogen) atoms. The first-order valence-corrected chi connectivity index (χ1v) is 8.67. The molecule has 1 aromatic heterocycles. The fourth-order valence-electron chi connectivity index (χ4n) is 2.86. The number of likely N-dealkylation sites (tertiary alicyclic amines) is 1. The highest BCUT2D eigenvalue weighted by molar-refractivity contribution is 9.10. The molecular formula is C17H18BrN3S. The molecule has 0 aliphatic carbocycles. The van der Waals surface area contributed by atoms with E-state index in [-0.39, 0.29) is 0 Å². The van der Waals surface area contributed by atoms with Gasteiger partial charge in [0.05, 0.1) is 6.04 Å². The number of nitrogens with zero attached hydrogens (tertiary/aromatic N) is 2. The molecule has 0 saturated carbocycles. The van der Waals surface area contributed by atoms with Crippen LogP contribution in [-0.2, 0) is 0 Å². The SMILES string of the molecule is S=C(Nc1cccc(Br)c1)N1CCCC[C@H]1c1cccnc1. The van der Waals surface area contributed by atoms with Crippen LogP contribution >= 0.6 is 28.1 Å². The second-order valence-corrected chi connectivity index (χ2v) is 6.73. The molecule has 1 aliphatic rings. The first kappa shape index (κ1) is 15.4. The molecule has 1 atom stereocenters. The number of hydrogen-bond donors (Lipinski definition) is 1. The van der Waals surface area contributed by atoms with Crippen LogP contribution in [-0.4, -0.2) is 21.5 Å². The summed E-state index contributed by atoms with van der Waals surface area (Å²) in [5, 5.41) is 4.14. The van der Waals surface area contributed by atoms with Crippen LogP contribution in [0, 0.1) is 0 Å². The Balaban J connectivity index is 1.77. The van der Waals surface area contributed by atoms with E-state index in [4.69, 9.17) is 12.2 Å². The van der Waals surface area contributed by atoms with E-state index in [9.17, 15) is 0 Å². The van der Waals surface area contributed by atoms with Crippen molar-refractivity contribution >= 4 is 38.9 Å². The van der Waals surface area contributed by atoms with E-state index in [0.29, 0.717) is 6.04 Å². The topological polar surface area (TPSA) is 28.2 Å². The van der Waals surface area contributed by atoms with Crippen molar-refractivity contribution in [3.63, 3.8) is 0 Å². The molecule has 1 N–H and O–H groups in total. The Morgan fingerprint density at radius 1 is 1.27 bits per heavy atom. The summed E-state index contributed by atoms with van der Waals surface area (Å²) in [5.74, 6) is 0. The van der Waals surface area contributed by atoms with Crippen LogP contribution in [0.3, 0.4) is 0 Å². The Bertz CT molecular complexity index is 647. The lowest BCUT2D eigenvalue weighted by Gasteiger charge is -2.37. The van der Waals surface area contributed by atoms with Crippen LogP contribution in [0.4, 0.5) is 5.69 Å². The molecule has 3 rings (SSSR count). The van der Waals surface area contributed by atoms with E-state index in [0.717, 1.165) is 28.2 Å². The molecule has 2 heterocycles. The van der Waals surface area contributed by atoms with Crippen molar-refractivity contribution in [2.75, 3.05) is 11.9 Å². The summed E-state index contributed by atoms with van der Waals surface area (Å²) >= 11 is 9.15. The number of piperidine rings is 1. The quantitative estimate of drug-likeness (QED) is 0.765. The van der Waals surface area contributed by atoms with Gasteiger partial charge in [-0.2, -0.15) is 0 Å². The molecule has 1 saturated heterocycles. The summed E-state index contributed by atoms with van der Waals surface area (Å²) < 4.78 is 1.04. The van der Waals surface area contributed by atoms with Gasteiger partial charge in [-0.15, -0.1) is 0 Å². The van der Waals surface area contributed by atoms with Crippen LogP contribution in [0.2, 0.25) is 0 Å². The number of benzene rings is 1. The van der Waals surface area contributed by atoms with Gasteiger partial charge in [-0.05, 0) is 61.3 Å². The maximum Gasteiger partial charge on any atom is 0.173 e. The maximum atomic E-state index is 5.66. The molecule has 3 nitrogen and oxygen atoms in total. The monoisotopic (exact) mass is 375 g/mol. The molecule has 2 aromatic rings. The molecule has 1 fully saturated rings. The predicted molar refractivity (Wildman–Crippen MR) is 97.9 cm³/mol. The van der Waals surface area contributed by atoms with Gasteiger partial charge < -0.3 is 10.2 Å². The molecule has 114 valence electrons. The van der Waals surface area contributed by atoms with Crippen molar-refractivity contribution in [1.29, 1.82) is 0 Å². The van der Waals surface area contributed by atoms with Crippen molar-refractivity contribution in [3.8, 4) is 0 Å². The number of hydrogen-bond acceptors (Lipinski definition) is 2. The number of nitrogens with one attached hydrogen (secondary N) is 1. The first-order chi connectivity index (χ1) is 10.7. The van der Waals surface area contributed by atoms with Crippen LogP contribution < -0.4 is 5.32 Å². The van der Waals surface area contributed by atoms with Crippen LogP contribution in [0.15, 0.2) is 53.3 Å². The highest BCUT2D eigenvalue weighted by atomic mass is 79.9. The van der Waals surface area contributed by atoms with Crippen molar-refractivity contribution in [3.05, 3.63) is 58.8 Å². The Hall–Kier alpha value is -1.46. The van der Waals surface area contributed by atoms with E-state index in [1.165, 1.54) is 18.4 Å². The smallest absolute Gasteiger partial charge is 0.173 e. The average molecular weight is 376 g/mol. The second kappa shape index (κ2) is 7.20. The molecule has 1 aliphatic heterocycles. The Morgan fingerprint density at radius 3 is 2.95 bits per heavy atom. The molecule has 0 unspecified atom stereocenters. The van der Waals surface area contributed by atoms with E-state index in [2.05, 4.69) is 37.2 Å². The van der Waals surface area contributed by atoms with E-state index < -0.39 is 0 Å². The molecule has 0 spiro atoms. The van der Waals surface area contributed by atoms with Gasteiger partial charge >= 0.3 is 0 Å². The molecule has 0 amide bonds. The zero-order valence-corrected chi connectivity index (χ0v) is 14.6. The van der Waals surface area contributed by atoms with E-state index >= 15 is 0 Å². The maximum absolute atomic E-state index is 5.66. The van der Waals surface area contributed by atoms with Crippen LogP contribution in [0.25, 0.3) is 0 Å². The predicted octanol–water partition coefficient (Wildman–Crippen LogP) is 4.77. The fraction of sp³-hybridized carbons (Fsp3) is 0.294. The van der Waals surface area contributed by atoms with Crippen LogP contribution in [0.5, 0.6) is 0 Å². The lowest BCUT2D eigenvalue weighted by Crippen LogP contribution is -2.41. The van der Waals surface area contributed by atoms with Gasteiger partial charge in [0.2, 0.25) is 0 Å².